The number of carbonyl (C=O) groups is 1. The molecule has 4 aliphatic rings. The zero-order valence-electron chi connectivity index (χ0n) is 23.9. The molecule has 1 saturated heterocycles. The highest BCUT2D eigenvalue weighted by Gasteiger charge is 2.57. The SMILES string of the molecule is CN1CCN(c2ccc(NC(=O)CCC[C@@H]3c4cn[nH]c4[C@@]4(C)CCC5c6ccccc6CCC5C34)nc2)CC1. The maximum Gasteiger partial charge on any atom is 0.225 e. The molecule has 3 unspecified atom stereocenters. The van der Waals surface area contributed by atoms with Gasteiger partial charge in [-0.15, -0.1) is 0 Å². The highest BCUT2D eigenvalue weighted by atomic mass is 16.1. The van der Waals surface area contributed by atoms with E-state index in [4.69, 9.17) is 0 Å². The smallest absolute Gasteiger partial charge is 0.225 e. The lowest BCUT2D eigenvalue weighted by atomic mass is 9.53. The highest BCUT2D eigenvalue weighted by Crippen LogP contribution is 2.64. The normalized spacial score (nSPS) is 29.3. The molecule has 40 heavy (non-hydrogen) atoms. The molecule has 7 rings (SSSR count). The number of amides is 1. The second-order valence-corrected chi connectivity index (χ2v) is 12.9. The van der Waals surface area contributed by atoms with E-state index >= 15 is 0 Å². The minimum Gasteiger partial charge on any atom is -0.368 e. The van der Waals surface area contributed by atoms with Gasteiger partial charge in [-0.3, -0.25) is 9.89 Å². The maximum atomic E-state index is 12.9. The van der Waals surface area contributed by atoms with Crippen molar-refractivity contribution in [2.24, 2.45) is 11.8 Å². The number of nitrogens with one attached hydrogen (secondary N) is 2. The van der Waals surface area contributed by atoms with Crippen LogP contribution in [0.25, 0.3) is 0 Å². The molecular formula is C33H42N6O. The van der Waals surface area contributed by atoms with Gasteiger partial charge in [-0.25, -0.2) is 4.98 Å². The number of anilines is 2. The van der Waals surface area contributed by atoms with E-state index in [1.165, 1.54) is 36.9 Å². The number of hydrogen-bond acceptors (Lipinski definition) is 5. The van der Waals surface area contributed by atoms with Crippen LogP contribution < -0.4 is 10.2 Å². The minimum absolute atomic E-state index is 0.0566. The fraction of sp³-hybridized carbons (Fsp3) is 0.545. The van der Waals surface area contributed by atoms with Crippen LogP contribution in [0.4, 0.5) is 11.5 Å². The molecule has 2 N–H and O–H groups in total. The van der Waals surface area contributed by atoms with E-state index in [-0.39, 0.29) is 11.3 Å². The Morgan fingerprint density at radius 1 is 1.07 bits per heavy atom. The van der Waals surface area contributed by atoms with Gasteiger partial charge in [0, 0.05) is 43.7 Å². The number of aromatic amines is 1. The van der Waals surface area contributed by atoms with Gasteiger partial charge in [-0.05, 0) is 98.1 Å². The van der Waals surface area contributed by atoms with Crippen LogP contribution in [0.15, 0.2) is 48.8 Å². The van der Waals surface area contributed by atoms with Crippen molar-refractivity contribution < 1.29 is 4.79 Å². The van der Waals surface area contributed by atoms with Gasteiger partial charge in [0.1, 0.15) is 5.82 Å². The Kier molecular flexibility index (Phi) is 6.65. The third-order valence-corrected chi connectivity index (χ3v) is 10.8. The molecule has 210 valence electrons. The van der Waals surface area contributed by atoms with Crippen molar-refractivity contribution in [3.8, 4) is 0 Å². The first kappa shape index (κ1) is 25.8. The third kappa shape index (κ3) is 4.43. The summed E-state index contributed by atoms with van der Waals surface area (Å²) in [6, 6.07) is 13.2. The number of H-pyrrole nitrogens is 1. The number of pyridine rings is 1. The van der Waals surface area contributed by atoms with Crippen molar-refractivity contribution in [2.45, 2.75) is 69.1 Å². The highest BCUT2D eigenvalue weighted by molar-refractivity contribution is 5.89. The molecule has 3 aliphatic carbocycles. The number of nitrogens with zero attached hydrogens (tertiary/aromatic N) is 4. The molecule has 2 fully saturated rings. The zero-order valence-corrected chi connectivity index (χ0v) is 23.9. The first-order valence-corrected chi connectivity index (χ1v) is 15.3. The van der Waals surface area contributed by atoms with Gasteiger partial charge in [-0.2, -0.15) is 5.10 Å². The van der Waals surface area contributed by atoms with E-state index in [9.17, 15) is 4.79 Å². The fourth-order valence-corrected chi connectivity index (χ4v) is 8.77. The van der Waals surface area contributed by atoms with Gasteiger partial charge in [0.05, 0.1) is 18.1 Å². The van der Waals surface area contributed by atoms with E-state index < -0.39 is 0 Å². The van der Waals surface area contributed by atoms with Crippen molar-refractivity contribution in [1.29, 1.82) is 0 Å². The average molecular weight is 539 g/mol. The molecule has 2 aromatic heterocycles. The number of aromatic nitrogens is 3. The second-order valence-electron chi connectivity index (χ2n) is 12.9. The Bertz CT molecular complexity index is 1360. The molecule has 1 saturated carbocycles. The summed E-state index contributed by atoms with van der Waals surface area (Å²) >= 11 is 0. The summed E-state index contributed by atoms with van der Waals surface area (Å²) in [4.78, 5) is 22.2. The molecule has 7 heteroatoms. The standard InChI is InChI=1S/C33H42N6O/c1-33-15-14-25-24-7-4-3-6-22(24)10-12-27(25)31(33)26(28-21-35-37-32(28)33)8-5-9-30(40)36-29-13-11-23(20-34-29)39-18-16-38(2)17-19-39/h3-4,6-7,11,13,20-21,25-27,31H,5,8-10,12,14-19H2,1-2H3,(H,35,37)(H,34,36,40)/t25?,26-,27?,31?,33+/m1/s1. The first-order valence-electron chi connectivity index (χ1n) is 15.3. The fourth-order valence-electron chi connectivity index (χ4n) is 8.77. The summed E-state index contributed by atoms with van der Waals surface area (Å²) in [7, 11) is 2.16. The number of likely N-dealkylation sites (N-methyl/N-ethyl adjacent to an activating group) is 1. The summed E-state index contributed by atoms with van der Waals surface area (Å²) in [6.45, 7) is 6.63. The van der Waals surface area contributed by atoms with Crippen molar-refractivity contribution in [1.82, 2.24) is 20.1 Å². The van der Waals surface area contributed by atoms with Crippen molar-refractivity contribution >= 4 is 17.4 Å². The van der Waals surface area contributed by atoms with Gasteiger partial charge >= 0.3 is 0 Å². The van der Waals surface area contributed by atoms with E-state index in [1.54, 1.807) is 11.1 Å². The van der Waals surface area contributed by atoms with Crippen LogP contribution in [0.1, 0.15) is 79.7 Å². The van der Waals surface area contributed by atoms with Crippen LogP contribution in [0, 0.1) is 11.8 Å². The van der Waals surface area contributed by atoms with Crippen molar-refractivity contribution in [3.05, 3.63) is 71.2 Å². The molecular weight excluding hydrogens is 496 g/mol. The van der Waals surface area contributed by atoms with Crippen LogP contribution in [0.5, 0.6) is 0 Å². The molecule has 5 atom stereocenters. The first-order chi connectivity index (χ1) is 19.5. The van der Waals surface area contributed by atoms with E-state index in [1.807, 2.05) is 12.3 Å². The van der Waals surface area contributed by atoms with E-state index in [2.05, 4.69) is 80.8 Å². The lowest BCUT2D eigenvalue weighted by Gasteiger charge is -2.50. The number of aryl methyl sites for hydroxylation is 1. The number of rotatable bonds is 6. The van der Waals surface area contributed by atoms with Crippen LogP contribution in [0.3, 0.4) is 0 Å². The molecule has 0 radical (unpaired) electrons. The molecule has 3 aromatic rings. The van der Waals surface area contributed by atoms with Crippen LogP contribution >= 0.6 is 0 Å². The summed E-state index contributed by atoms with van der Waals surface area (Å²) in [5, 5.41) is 11.0. The Labute approximate surface area is 237 Å². The lowest BCUT2D eigenvalue weighted by Crippen LogP contribution is -2.44. The van der Waals surface area contributed by atoms with Gasteiger partial charge in [0.25, 0.3) is 0 Å². The zero-order chi connectivity index (χ0) is 27.3. The number of fused-ring (bicyclic) bond motifs is 7. The van der Waals surface area contributed by atoms with Gasteiger partial charge in [0.2, 0.25) is 5.91 Å². The minimum atomic E-state index is 0.0566. The predicted octanol–water partition coefficient (Wildman–Crippen LogP) is 5.48. The number of benzene rings is 1. The largest absolute Gasteiger partial charge is 0.368 e. The van der Waals surface area contributed by atoms with Crippen molar-refractivity contribution in [2.75, 3.05) is 43.4 Å². The van der Waals surface area contributed by atoms with Crippen molar-refractivity contribution in [3.63, 3.8) is 0 Å². The average Bonchev–Trinajstić information content (AvgIpc) is 3.55. The summed E-state index contributed by atoms with van der Waals surface area (Å²) < 4.78 is 0. The Balaban J connectivity index is 1.00. The van der Waals surface area contributed by atoms with Gasteiger partial charge in [0.15, 0.2) is 0 Å². The summed E-state index contributed by atoms with van der Waals surface area (Å²) in [5.74, 6) is 3.12. The lowest BCUT2D eigenvalue weighted by molar-refractivity contribution is -0.116. The second kappa shape index (κ2) is 10.3. The third-order valence-electron chi connectivity index (χ3n) is 10.8. The van der Waals surface area contributed by atoms with E-state index in [0.29, 0.717) is 35.9 Å². The number of hydrogen-bond donors (Lipinski definition) is 2. The Hall–Kier alpha value is -3.19. The Morgan fingerprint density at radius 2 is 1.93 bits per heavy atom. The topological polar surface area (TPSA) is 77.1 Å². The van der Waals surface area contributed by atoms with Crippen LogP contribution in [-0.4, -0.2) is 59.2 Å². The van der Waals surface area contributed by atoms with Crippen LogP contribution in [-0.2, 0) is 16.6 Å². The molecule has 1 aromatic carbocycles. The molecule has 0 spiro atoms. The monoisotopic (exact) mass is 538 g/mol. The molecule has 1 amide bonds. The molecule has 1 aliphatic heterocycles. The summed E-state index contributed by atoms with van der Waals surface area (Å²) in [5.41, 5.74) is 7.22. The number of piperazine rings is 1. The molecule has 3 heterocycles. The molecule has 7 nitrogen and oxygen atoms in total. The Morgan fingerprint density at radius 3 is 2.75 bits per heavy atom. The number of carbonyl (C=O) groups excluding carboxylic acids is 1. The van der Waals surface area contributed by atoms with Gasteiger partial charge < -0.3 is 15.1 Å². The van der Waals surface area contributed by atoms with Crippen LogP contribution in [0.2, 0.25) is 0 Å². The quantitative estimate of drug-likeness (QED) is 0.435. The van der Waals surface area contributed by atoms with Gasteiger partial charge in [-0.1, -0.05) is 31.2 Å². The predicted molar refractivity (Wildman–Crippen MR) is 159 cm³/mol. The molecule has 0 bridgehead atoms. The summed E-state index contributed by atoms with van der Waals surface area (Å²) in [6.07, 6.45) is 11.3. The van der Waals surface area contributed by atoms with E-state index in [0.717, 1.165) is 44.7 Å². The maximum absolute atomic E-state index is 12.9.